The Morgan fingerprint density at radius 2 is 1.77 bits per heavy atom. The zero-order valence-corrected chi connectivity index (χ0v) is 21.6. The number of ether oxygens (including phenoxy) is 2. The van der Waals surface area contributed by atoms with Crippen molar-refractivity contribution in [2.24, 2.45) is 5.92 Å². The molecule has 1 fully saturated rings. The molecular weight excluding hydrogens is 530 g/mol. The molecule has 2 heterocycles. The highest BCUT2D eigenvalue weighted by Crippen LogP contribution is 2.38. The number of nitrogens with one attached hydrogen (secondary N) is 1. The lowest BCUT2D eigenvalue weighted by molar-refractivity contribution is -0.137. The van der Waals surface area contributed by atoms with Crippen LogP contribution in [0.15, 0.2) is 54.7 Å². The van der Waals surface area contributed by atoms with Crippen LogP contribution >= 0.6 is 0 Å². The van der Waals surface area contributed by atoms with E-state index in [-0.39, 0.29) is 31.0 Å². The Hall–Kier alpha value is -4.15. The highest BCUT2D eigenvalue weighted by atomic mass is 19.4. The monoisotopic (exact) mass is 557 g/mol. The Bertz CT molecular complexity index is 1400. The van der Waals surface area contributed by atoms with E-state index in [0.29, 0.717) is 23.4 Å². The van der Waals surface area contributed by atoms with Gasteiger partial charge in [0.1, 0.15) is 30.1 Å². The smallest absolute Gasteiger partial charge is 0.418 e. The molecule has 0 saturated heterocycles. The first-order chi connectivity index (χ1) is 19.1. The van der Waals surface area contributed by atoms with Gasteiger partial charge >= 0.3 is 12.2 Å². The van der Waals surface area contributed by atoms with Crippen molar-refractivity contribution >= 4 is 23.2 Å². The average Bonchev–Trinajstić information content (AvgIpc) is 2.93. The number of alkyl halides is 3. The maximum atomic E-state index is 13.4. The van der Waals surface area contributed by atoms with Crippen molar-refractivity contribution in [2.75, 3.05) is 23.4 Å². The lowest BCUT2D eigenvalue weighted by Crippen LogP contribution is -2.41. The average molecular weight is 558 g/mol. The third-order valence-electron chi connectivity index (χ3n) is 7.20. The highest BCUT2D eigenvalue weighted by Gasteiger charge is 2.35. The summed E-state index contributed by atoms with van der Waals surface area (Å²) >= 11 is 0. The van der Waals surface area contributed by atoms with Crippen molar-refractivity contribution in [3.63, 3.8) is 0 Å². The number of carbonyl (C=O) groups is 2. The number of urea groups is 1. The van der Waals surface area contributed by atoms with Gasteiger partial charge in [-0.05, 0) is 74.6 Å². The molecule has 7 nitrogen and oxygen atoms in total. The molecule has 2 amide bonds. The number of benzene rings is 2. The molecule has 0 unspecified atom stereocenters. The number of rotatable bonds is 5. The lowest BCUT2D eigenvalue weighted by Gasteiger charge is -2.30. The fraction of sp³-hybridized carbons (Fsp3) is 0.345. The molecule has 11 heteroatoms. The van der Waals surface area contributed by atoms with Crippen molar-refractivity contribution in [3.05, 3.63) is 66.1 Å². The van der Waals surface area contributed by atoms with E-state index < -0.39 is 29.3 Å². The topological polar surface area (TPSA) is 80.8 Å². The lowest BCUT2D eigenvalue weighted by atomic mass is 9.85. The minimum Gasteiger partial charge on any atom is -0.490 e. The maximum absolute atomic E-state index is 13.4. The quantitative estimate of drug-likeness (QED) is 0.347. The number of pyridine rings is 1. The minimum absolute atomic E-state index is 0.0188. The number of carbonyl (C=O) groups excluding carboxylic acids is 2. The van der Waals surface area contributed by atoms with E-state index in [4.69, 9.17) is 9.47 Å². The first kappa shape index (κ1) is 27.4. The third kappa shape index (κ3) is 6.03. The van der Waals surface area contributed by atoms with Gasteiger partial charge in [0.05, 0.1) is 23.5 Å². The van der Waals surface area contributed by atoms with Gasteiger partial charge in [-0.15, -0.1) is 0 Å². The molecule has 1 aliphatic carbocycles. The molecule has 2 aromatic carbocycles. The molecule has 0 radical (unpaired) electrons. The summed E-state index contributed by atoms with van der Waals surface area (Å²) in [5, 5.41) is 2.25. The second kappa shape index (κ2) is 11.1. The molecule has 1 aliphatic heterocycles. The second-order valence-corrected chi connectivity index (χ2v) is 9.89. The van der Waals surface area contributed by atoms with Crippen LogP contribution in [0.25, 0.3) is 11.1 Å². The summed E-state index contributed by atoms with van der Waals surface area (Å²) in [5.41, 5.74) is 0.121. The van der Waals surface area contributed by atoms with Crippen LogP contribution in [0.3, 0.4) is 0 Å². The number of hydrogen-bond acceptors (Lipinski definition) is 5. The normalized spacial score (nSPS) is 18.9. The predicted molar refractivity (Wildman–Crippen MR) is 140 cm³/mol. The van der Waals surface area contributed by atoms with Gasteiger partial charge in [-0.1, -0.05) is 6.07 Å². The van der Waals surface area contributed by atoms with Crippen LogP contribution in [-0.2, 0) is 11.0 Å². The van der Waals surface area contributed by atoms with Crippen molar-refractivity contribution in [1.82, 2.24) is 4.98 Å². The summed E-state index contributed by atoms with van der Waals surface area (Å²) in [5.74, 6) is 0.161. The molecule has 3 aromatic rings. The molecule has 2 aliphatic rings. The molecule has 1 saturated carbocycles. The summed E-state index contributed by atoms with van der Waals surface area (Å²) in [6, 6.07) is 10.1. The van der Waals surface area contributed by atoms with Crippen LogP contribution in [0.1, 0.15) is 38.2 Å². The van der Waals surface area contributed by atoms with Crippen LogP contribution in [0.5, 0.6) is 11.6 Å². The van der Waals surface area contributed by atoms with Crippen LogP contribution in [0.2, 0.25) is 0 Å². The van der Waals surface area contributed by atoms with Gasteiger partial charge in [0.15, 0.2) is 0 Å². The third-order valence-corrected chi connectivity index (χ3v) is 7.20. The van der Waals surface area contributed by atoms with E-state index >= 15 is 0 Å². The van der Waals surface area contributed by atoms with Crippen LogP contribution in [0.4, 0.5) is 33.7 Å². The Kier molecular flexibility index (Phi) is 7.64. The van der Waals surface area contributed by atoms with Crippen molar-refractivity contribution < 1.29 is 36.6 Å². The van der Waals surface area contributed by atoms with Crippen molar-refractivity contribution in [2.45, 2.75) is 44.9 Å². The molecule has 1 N–H and O–H groups in total. The number of hydrogen-bond donors (Lipinski definition) is 1. The minimum atomic E-state index is -4.84. The molecule has 1 aromatic heterocycles. The Morgan fingerprint density at radius 3 is 2.45 bits per heavy atom. The number of nitrogens with zero attached hydrogens (tertiary/aromatic N) is 2. The van der Waals surface area contributed by atoms with Crippen molar-refractivity contribution in [3.8, 4) is 22.8 Å². The fourth-order valence-corrected chi connectivity index (χ4v) is 5.03. The molecule has 40 heavy (non-hydrogen) atoms. The Balaban J connectivity index is 1.27. The molecule has 5 rings (SSSR count). The number of halogens is 4. The summed E-state index contributed by atoms with van der Waals surface area (Å²) < 4.78 is 65.3. The molecule has 210 valence electrons. The van der Waals surface area contributed by atoms with Gasteiger partial charge in [0, 0.05) is 23.7 Å². The van der Waals surface area contributed by atoms with E-state index in [1.54, 1.807) is 37.4 Å². The second-order valence-electron chi connectivity index (χ2n) is 9.89. The van der Waals surface area contributed by atoms with Crippen LogP contribution in [0, 0.1) is 11.7 Å². The van der Waals surface area contributed by atoms with Gasteiger partial charge < -0.3 is 14.8 Å². The largest absolute Gasteiger partial charge is 0.490 e. The van der Waals surface area contributed by atoms with Crippen molar-refractivity contribution in [1.29, 1.82) is 0 Å². The van der Waals surface area contributed by atoms with Gasteiger partial charge in [-0.25, -0.2) is 14.2 Å². The number of amides is 2. The zero-order chi connectivity index (χ0) is 28.4. The van der Waals surface area contributed by atoms with Gasteiger partial charge in [-0.2, -0.15) is 13.2 Å². The molecule has 0 atom stereocenters. The fourth-order valence-electron chi connectivity index (χ4n) is 5.03. The number of fused-ring (bicyclic) bond motifs is 1. The SMILES string of the molecule is CC(=O)C1CCC(Oc2ccc(-c3ccc4c(c3)OCCN4C(=O)Nc3ccc(F)cc3C(F)(F)F)cn2)CC1. The number of ketones is 1. The summed E-state index contributed by atoms with van der Waals surface area (Å²) in [6.45, 7) is 1.88. The van der Waals surface area contributed by atoms with E-state index in [0.717, 1.165) is 48.9 Å². The van der Waals surface area contributed by atoms with Crippen LogP contribution < -0.4 is 19.7 Å². The molecule has 0 spiro atoms. The first-order valence-corrected chi connectivity index (χ1v) is 12.9. The molecule has 0 bridgehead atoms. The first-order valence-electron chi connectivity index (χ1n) is 12.9. The Labute approximate surface area is 228 Å². The zero-order valence-electron chi connectivity index (χ0n) is 21.6. The van der Waals surface area contributed by atoms with E-state index in [2.05, 4.69) is 10.3 Å². The number of anilines is 2. The molecular formula is C29H27F4N3O4. The number of Topliss-reactive ketones (excluding diaryl/α,β-unsaturated/α-hetero) is 1. The standard InChI is InChI=1S/C29H27F4N3O4/c1-17(37)18-2-7-22(8-3-18)40-27-11-5-20(16-34-27)19-4-10-25-26(14-19)39-13-12-36(25)28(38)35-24-9-6-21(30)15-23(24)29(31,32)33/h4-6,9-11,14-16,18,22H,2-3,7-8,12-13H2,1H3,(H,35,38). The summed E-state index contributed by atoms with van der Waals surface area (Å²) in [6.07, 6.45) is 0.0817. The summed E-state index contributed by atoms with van der Waals surface area (Å²) in [7, 11) is 0. The van der Waals surface area contributed by atoms with Gasteiger partial charge in [0.25, 0.3) is 0 Å². The maximum Gasteiger partial charge on any atom is 0.418 e. The van der Waals surface area contributed by atoms with Gasteiger partial charge in [0.2, 0.25) is 5.88 Å². The summed E-state index contributed by atoms with van der Waals surface area (Å²) in [4.78, 5) is 30.2. The van der Waals surface area contributed by atoms with Crippen LogP contribution in [-0.4, -0.2) is 36.1 Å². The Morgan fingerprint density at radius 1 is 1.02 bits per heavy atom. The number of aromatic nitrogens is 1. The van der Waals surface area contributed by atoms with E-state index in [1.807, 2.05) is 6.07 Å². The van der Waals surface area contributed by atoms with E-state index in [9.17, 15) is 27.2 Å². The highest BCUT2D eigenvalue weighted by molar-refractivity contribution is 6.03. The van der Waals surface area contributed by atoms with Gasteiger partial charge in [-0.3, -0.25) is 9.69 Å². The predicted octanol–water partition coefficient (Wildman–Crippen LogP) is 6.86. The van der Waals surface area contributed by atoms with E-state index in [1.165, 1.54) is 4.90 Å².